The Bertz CT molecular complexity index is 996. The largest absolute Gasteiger partial charge is 0.497 e. The van der Waals surface area contributed by atoms with E-state index < -0.39 is 41.5 Å². The van der Waals surface area contributed by atoms with Gasteiger partial charge in [-0.1, -0.05) is 0 Å². The second-order valence-corrected chi connectivity index (χ2v) is 6.80. The van der Waals surface area contributed by atoms with E-state index in [1.54, 1.807) is 0 Å². The molecule has 1 aliphatic heterocycles. The normalized spacial score (nSPS) is 23.5. The summed E-state index contributed by atoms with van der Waals surface area (Å²) in [7, 11) is 2.57. The Kier molecular flexibility index (Phi) is 5.81. The first kappa shape index (κ1) is 22.3. The van der Waals surface area contributed by atoms with Gasteiger partial charge in [0, 0.05) is 11.1 Å². The molecule has 3 N–H and O–H groups in total. The molecule has 0 saturated carbocycles. The third kappa shape index (κ3) is 4.00. The number of aliphatic hydroxyl groups is 1. The molecular weight excluding hydrogens is 424 g/mol. The van der Waals surface area contributed by atoms with E-state index in [-0.39, 0.29) is 22.6 Å². The number of Topliss-reactive ketones (excluding diaryl/α,β-unsaturated/α-hetero) is 1. The van der Waals surface area contributed by atoms with Crippen molar-refractivity contribution in [1.82, 2.24) is 10.6 Å². The fourth-order valence-electron chi connectivity index (χ4n) is 3.47. The highest BCUT2D eigenvalue weighted by molar-refractivity contribution is 6.00. The molecule has 166 valence electrons. The molecule has 0 aliphatic carbocycles. The standard InChI is InChI=1S/C20H18F4N2O5/c1-30-12-7-8-14(31-2)13(9-12)16-15(17(27)10-3-5-11(21)6-4-10)19(29,20(22,23)24)26-18(28)25-16/h3-9,15-16,29H,1-2H3,(H2,25,26,28). The molecule has 3 atom stereocenters. The van der Waals surface area contributed by atoms with Crippen LogP contribution in [-0.4, -0.2) is 43.0 Å². The van der Waals surface area contributed by atoms with Crippen LogP contribution >= 0.6 is 0 Å². The third-order valence-electron chi connectivity index (χ3n) is 4.99. The molecule has 1 heterocycles. The number of alkyl halides is 3. The number of carbonyl (C=O) groups excluding carboxylic acids is 2. The molecule has 1 aliphatic rings. The lowest BCUT2D eigenvalue weighted by molar-refractivity contribution is -0.287. The maximum Gasteiger partial charge on any atom is 0.437 e. The number of carbonyl (C=O) groups is 2. The van der Waals surface area contributed by atoms with Crippen molar-refractivity contribution in [3.63, 3.8) is 0 Å². The summed E-state index contributed by atoms with van der Waals surface area (Å²) in [5, 5.41) is 14.3. The van der Waals surface area contributed by atoms with E-state index in [4.69, 9.17) is 9.47 Å². The first-order valence-electron chi connectivity index (χ1n) is 8.91. The number of urea groups is 1. The molecule has 11 heteroatoms. The summed E-state index contributed by atoms with van der Waals surface area (Å²) in [6, 6.07) is 4.91. The maximum absolute atomic E-state index is 13.9. The number of ketones is 1. The number of methoxy groups -OCH3 is 2. The van der Waals surface area contributed by atoms with Gasteiger partial charge in [-0.05, 0) is 42.5 Å². The molecule has 0 bridgehead atoms. The number of ether oxygens (including phenoxy) is 2. The van der Waals surface area contributed by atoms with Crippen molar-refractivity contribution < 1.29 is 41.7 Å². The van der Waals surface area contributed by atoms with Gasteiger partial charge in [-0.25, -0.2) is 9.18 Å². The Hall–Kier alpha value is -3.34. The molecular formula is C20H18F4N2O5. The Balaban J connectivity index is 2.23. The molecule has 0 aromatic heterocycles. The summed E-state index contributed by atoms with van der Waals surface area (Å²) < 4.78 is 65.4. The molecule has 0 spiro atoms. The smallest absolute Gasteiger partial charge is 0.437 e. The second-order valence-electron chi connectivity index (χ2n) is 6.80. The summed E-state index contributed by atoms with van der Waals surface area (Å²) >= 11 is 0. The lowest BCUT2D eigenvalue weighted by atomic mass is 9.77. The summed E-state index contributed by atoms with van der Waals surface area (Å²) in [6.45, 7) is 0. The SMILES string of the molecule is COc1ccc(OC)c(C2NC(=O)NC(O)(C(F)(F)F)C2C(=O)c2ccc(F)cc2)c1. The van der Waals surface area contributed by atoms with E-state index in [1.165, 1.54) is 37.7 Å². The van der Waals surface area contributed by atoms with Gasteiger partial charge in [0.1, 0.15) is 23.2 Å². The van der Waals surface area contributed by atoms with Crippen LogP contribution in [0.25, 0.3) is 0 Å². The number of rotatable bonds is 5. The topological polar surface area (TPSA) is 96.9 Å². The Morgan fingerprint density at radius 1 is 1.10 bits per heavy atom. The van der Waals surface area contributed by atoms with Gasteiger partial charge in [-0.15, -0.1) is 0 Å². The van der Waals surface area contributed by atoms with Crippen LogP contribution < -0.4 is 20.1 Å². The summed E-state index contributed by atoms with van der Waals surface area (Å²) in [6.07, 6.45) is -5.42. The Morgan fingerprint density at radius 2 is 1.74 bits per heavy atom. The molecule has 3 rings (SSSR count). The zero-order chi connectivity index (χ0) is 23.0. The minimum absolute atomic E-state index is 0.0279. The van der Waals surface area contributed by atoms with E-state index in [0.29, 0.717) is 0 Å². The van der Waals surface area contributed by atoms with Crippen LogP contribution in [0.2, 0.25) is 0 Å². The number of nitrogens with one attached hydrogen (secondary N) is 2. The fourth-order valence-corrected chi connectivity index (χ4v) is 3.47. The highest BCUT2D eigenvalue weighted by Crippen LogP contribution is 2.46. The zero-order valence-corrected chi connectivity index (χ0v) is 16.3. The van der Waals surface area contributed by atoms with Crippen molar-refractivity contribution in [2.75, 3.05) is 14.2 Å². The predicted octanol–water partition coefficient (Wildman–Crippen LogP) is 2.95. The van der Waals surface area contributed by atoms with Crippen LogP contribution in [-0.2, 0) is 0 Å². The monoisotopic (exact) mass is 442 g/mol. The van der Waals surface area contributed by atoms with Crippen LogP contribution in [0.4, 0.5) is 22.4 Å². The summed E-state index contributed by atoms with van der Waals surface area (Å²) in [4.78, 5) is 25.3. The van der Waals surface area contributed by atoms with Crippen molar-refractivity contribution in [2.24, 2.45) is 5.92 Å². The minimum atomic E-state index is -5.42. The summed E-state index contributed by atoms with van der Waals surface area (Å²) in [5.74, 6) is -3.90. The molecule has 3 unspecified atom stereocenters. The average molecular weight is 442 g/mol. The zero-order valence-electron chi connectivity index (χ0n) is 16.3. The second kappa shape index (κ2) is 8.06. The maximum atomic E-state index is 13.9. The van der Waals surface area contributed by atoms with Gasteiger partial charge in [-0.2, -0.15) is 13.2 Å². The van der Waals surface area contributed by atoms with Gasteiger partial charge in [0.05, 0.1) is 20.3 Å². The number of halogens is 4. The highest BCUT2D eigenvalue weighted by Gasteiger charge is 2.66. The molecule has 0 radical (unpaired) electrons. The number of amides is 2. The van der Waals surface area contributed by atoms with Crippen LogP contribution in [0, 0.1) is 11.7 Å². The van der Waals surface area contributed by atoms with Crippen molar-refractivity contribution in [3.8, 4) is 11.5 Å². The van der Waals surface area contributed by atoms with Crippen LogP contribution in [0.15, 0.2) is 42.5 Å². The number of hydrogen-bond acceptors (Lipinski definition) is 5. The van der Waals surface area contributed by atoms with Crippen LogP contribution in [0.5, 0.6) is 11.5 Å². The lowest BCUT2D eigenvalue weighted by Gasteiger charge is -2.45. The van der Waals surface area contributed by atoms with Crippen LogP contribution in [0.3, 0.4) is 0 Å². The van der Waals surface area contributed by atoms with Gasteiger partial charge in [0.15, 0.2) is 5.78 Å². The third-order valence-corrected chi connectivity index (χ3v) is 4.99. The Labute approximate surface area is 174 Å². The highest BCUT2D eigenvalue weighted by atomic mass is 19.4. The van der Waals surface area contributed by atoms with Crippen molar-refractivity contribution >= 4 is 11.8 Å². The lowest BCUT2D eigenvalue weighted by Crippen LogP contribution is -2.72. The van der Waals surface area contributed by atoms with Crippen molar-refractivity contribution in [1.29, 1.82) is 0 Å². The molecule has 2 amide bonds. The van der Waals surface area contributed by atoms with E-state index in [2.05, 4.69) is 5.32 Å². The first-order valence-corrected chi connectivity index (χ1v) is 8.91. The molecule has 2 aromatic rings. The molecule has 1 fully saturated rings. The van der Waals surface area contributed by atoms with Gasteiger partial charge < -0.3 is 25.2 Å². The quantitative estimate of drug-likeness (QED) is 0.489. The van der Waals surface area contributed by atoms with Crippen LogP contribution in [0.1, 0.15) is 22.0 Å². The molecule has 2 aromatic carbocycles. The van der Waals surface area contributed by atoms with Gasteiger partial charge in [0.25, 0.3) is 0 Å². The van der Waals surface area contributed by atoms with Crippen molar-refractivity contribution in [2.45, 2.75) is 17.9 Å². The molecule has 7 nitrogen and oxygen atoms in total. The number of benzene rings is 2. The minimum Gasteiger partial charge on any atom is -0.497 e. The van der Waals surface area contributed by atoms with Gasteiger partial charge >= 0.3 is 12.2 Å². The first-order chi connectivity index (χ1) is 14.5. The van der Waals surface area contributed by atoms with Gasteiger partial charge in [-0.3, -0.25) is 4.79 Å². The molecule has 31 heavy (non-hydrogen) atoms. The summed E-state index contributed by atoms with van der Waals surface area (Å²) in [5.41, 5.74) is -4.24. The van der Waals surface area contributed by atoms with E-state index in [9.17, 15) is 32.3 Å². The van der Waals surface area contributed by atoms with E-state index in [0.717, 1.165) is 24.3 Å². The van der Waals surface area contributed by atoms with Gasteiger partial charge in [0.2, 0.25) is 5.72 Å². The Morgan fingerprint density at radius 3 is 2.29 bits per heavy atom. The number of hydrogen-bond donors (Lipinski definition) is 3. The van der Waals surface area contributed by atoms with Crippen molar-refractivity contribution in [3.05, 3.63) is 59.4 Å². The van der Waals surface area contributed by atoms with E-state index in [1.807, 2.05) is 0 Å². The van der Waals surface area contributed by atoms with E-state index >= 15 is 0 Å². The molecule has 1 saturated heterocycles. The predicted molar refractivity (Wildman–Crippen MR) is 99.2 cm³/mol. The average Bonchev–Trinajstić information content (AvgIpc) is 2.72. The fraction of sp³-hybridized carbons (Fsp3) is 0.300.